The summed E-state index contributed by atoms with van der Waals surface area (Å²) in [5, 5.41) is 10.3. The normalized spacial score (nSPS) is 11.0. The van der Waals surface area contributed by atoms with Crippen LogP contribution in [-0.2, 0) is 0 Å². The Hall–Kier alpha value is -5.64. The van der Waals surface area contributed by atoms with E-state index in [1.807, 2.05) is 12.1 Å². The van der Waals surface area contributed by atoms with E-state index in [4.69, 9.17) is 4.74 Å². The summed E-state index contributed by atoms with van der Waals surface area (Å²) >= 11 is 0. The van der Waals surface area contributed by atoms with Crippen molar-refractivity contribution in [2.75, 3.05) is 5.32 Å². The maximum Gasteiger partial charge on any atom is 0.268 e. The Balaban J connectivity index is 1.27. The molecular formula is C31H21F2N5O3. The number of nitrogens with zero attached hydrogens (tertiary/aromatic N) is 3. The number of ether oxygens (including phenoxy) is 1. The van der Waals surface area contributed by atoms with Gasteiger partial charge in [-0.3, -0.25) is 24.2 Å². The molecule has 8 nitrogen and oxygen atoms in total. The molecule has 41 heavy (non-hydrogen) atoms. The van der Waals surface area contributed by atoms with Gasteiger partial charge in [0.15, 0.2) is 11.6 Å². The topological polar surface area (TPSA) is 102 Å². The standard InChI is InChI=1S/C31H21F2N5O3/c1-18-4-10-24(31(40)38(18)23-8-5-21(32)6-9-23)30(39)36-22-7-11-28(26(33)14-22)41-29-13-20-17-35-37-27(20)15-25(29)19-3-2-12-34-16-19/h2-17H,1H3,(H,35,37)(H,36,39). The molecule has 0 saturated heterocycles. The molecule has 1 amide bonds. The molecule has 0 unspecified atom stereocenters. The number of anilines is 1. The van der Waals surface area contributed by atoms with Crippen LogP contribution in [0.3, 0.4) is 0 Å². The van der Waals surface area contributed by atoms with Crippen LogP contribution in [0.25, 0.3) is 27.7 Å². The number of carbonyl (C=O) groups is 1. The molecule has 202 valence electrons. The molecule has 0 fully saturated rings. The first kappa shape index (κ1) is 25.6. The van der Waals surface area contributed by atoms with Gasteiger partial charge < -0.3 is 10.1 Å². The van der Waals surface area contributed by atoms with Gasteiger partial charge in [0, 0.05) is 52.0 Å². The van der Waals surface area contributed by atoms with E-state index in [0.717, 1.165) is 22.5 Å². The molecule has 3 aromatic heterocycles. The third-order valence-electron chi connectivity index (χ3n) is 6.53. The third-order valence-corrected chi connectivity index (χ3v) is 6.53. The zero-order valence-electron chi connectivity index (χ0n) is 21.6. The van der Waals surface area contributed by atoms with Crippen LogP contribution in [0.2, 0.25) is 0 Å². The van der Waals surface area contributed by atoms with E-state index in [0.29, 0.717) is 22.7 Å². The highest BCUT2D eigenvalue weighted by Crippen LogP contribution is 2.37. The molecule has 0 spiro atoms. The van der Waals surface area contributed by atoms with E-state index >= 15 is 4.39 Å². The van der Waals surface area contributed by atoms with E-state index in [1.165, 1.54) is 47.0 Å². The van der Waals surface area contributed by atoms with Gasteiger partial charge in [0.25, 0.3) is 11.5 Å². The lowest BCUT2D eigenvalue weighted by Crippen LogP contribution is -2.29. The zero-order valence-corrected chi connectivity index (χ0v) is 21.6. The molecule has 2 N–H and O–H groups in total. The highest BCUT2D eigenvalue weighted by molar-refractivity contribution is 6.04. The van der Waals surface area contributed by atoms with Gasteiger partial charge in [0.2, 0.25) is 0 Å². The molecule has 0 radical (unpaired) electrons. The zero-order chi connectivity index (χ0) is 28.5. The highest BCUT2D eigenvalue weighted by atomic mass is 19.1. The first-order valence-electron chi connectivity index (χ1n) is 12.5. The summed E-state index contributed by atoms with van der Waals surface area (Å²) in [6.45, 7) is 1.70. The Kier molecular flexibility index (Phi) is 6.56. The number of pyridine rings is 2. The third kappa shape index (κ3) is 5.06. The van der Waals surface area contributed by atoms with Crippen molar-refractivity contribution in [1.82, 2.24) is 19.7 Å². The van der Waals surface area contributed by atoms with Gasteiger partial charge in [-0.25, -0.2) is 8.78 Å². The van der Waals surface area contributed by atoms with Crippen LogP contribution < -0.4 is 15.6 Å². The van der Waals surface area contributed by atoms with E-state index in [1.54, 1.807) is 43.7 Å². The lowest BCUT2D eigenvalue weighted by Gasteiger charge is -2.14. The van der Waals surface area contributed by atoms with Gasteiger partial charge in [0.1, 0.15) is 17.1 Å². The van der Waals surface area contributed by atoms with E-state index in [2.05, 4.69) is 20.5 Å². The second-order valence-electron chi connectivity index (χ2n) is 9.25. The number of rotatable bonds is 6. The number of nitrogens with one attached hydrogen (secondary N) is 2. The van der Waals surface area contributed by atoms with Gasteiger partial charge in [0.05, 0.1) is 11.7 Å². The van der Waals surface area contributed by atoms with E-state index in [-0.39, 0.29) is 17.0 Å². The number of aromatic nitrogens is 4. The fraction of sp³-hybridized carbons (Fsp3) is 0.0323. The smallest absolute Gasteiger partial charge is 0.268 e. The van der Waals surface area contributed by atoms with Crippen molar-refractivity contribution < 1.29 is 18.3 Å². The minimum atomic E-state index is -0.722. The summed E-state index contributed by atoms with van der Waals surface area (Å²) in [5.41, 5.74) is 2.59. The average molecular weight is 550 g/mol. The maximum atomic E-state index is 15.2. The van der Waals surface area contributed by atoms with Crippen molar-refractivity contribution in [3.63, 3.8) is 0 Å². The number of aromatic amines is 1. The van der Waals surface area contributed by atoms with Crippen molar-refractivity contribution in [2.24, 2.45) is 0 Å². The lowest BCUT2D eigenvalue weighted by molar-refractivity contribution is 0.102. The summed E-state index contributed by atoms with van der Waals surface area (Å²) < 4.78 is 35.9. The molecule has 6 aromatic rings. The summed E-state index contributed by atoms with van der Waals surface area (Å²) in [6, 6.07) is 19.6. The number of hydrogen-bond donors (Lipinski definition) is 2. The average Bonchev–Trinajstić information content (AvgIpc) is 3.43. The first-order chi connectivity index (χ1) is 19.9. The Morgan fingerprint density at radius 1 is 0.951 bits per heavy atom. The van der Waals surface area contributed by atoms with E-state index in [9.17, 15) is 14.0 Å². The molecule has 6 rings (SSSR count). The van der Waals surface area contributed by atoms with Gasteiger partial charge in [-0.1, -0.05) is 6.07 Å². The van der Waals surface area contributed by atoms with Gasteiger partial charge in [-0.05, 0) is 73.7 Å². The molecule has 0 aliphatic carbocycles. The van der Waals surface area contributed by atoms with Crippen LogP contribution in [-0.4, -0.2) is 25.7 Å². The predicted molar refractivity (Wildman–Crippen MR) is 150 cm³/mol. The quantitative estimate of drug-likeness (QED) is 0.250. The van der Waals surface area contributed by atoms with Crippen molar-refractivity contribution in [2.45, 2.75) is 6.92 Å². The van der Waals surface area contributed by atoms with Crippen LogP contribution in [0.5, 0.6) is 11.5 Å². The van der Waals surface area contributed by atoms with Crippen molar-refractivity contribution in [3.05, 3.63) is 131 Å². The summed E-state index contributed by atoms with van der Waals surface area (Å²) in [7, 11) is 0. The van der Waals surface area contributed by atoms with Crippen LogP contribution >= 0.6 is 0 Å². The second-order valence-corrected chi connectivity index (χ2v) is 9.25. The van der Waals surface area contributed by atoms with Crippen molar-refractivity contribution in [3.8, 4) is 28.3 Å². The monoisotopic (exact) mass is 549 g/mol. The fourth-order valence-corrected chi connectivity index (χ4v) is 4.50. The molecule has 10 heteroatoms. The number of halogens is 2. The maximum absolute atomic E-state index is 15.2. The minimum Gasteiger partial charge on any atom is -0.454 e. The highest BCUT2D eigenvalue weighted by Gasteiger charge is 2.18. The molecule has 3 aromatic carbocycles. The van der Waals surface area contributed by atoms with Crippen LogP contribution in [0.4, 0.5) is 14.5 Å². The number of amides is 1. The lowest BCUT2D eigenvalue weighted by atomic mass is 10.0. The van der Waals surface area contributed by atoms with Gasteiger partial charge in [-0.2, -0.15) is 5.10 Å². The summed E-state index contributed by atoms with van der Waals surface area (Å²) in [6.07, 6.45) is 4.97. The number of carbonyl (C=O) groups excluding carboxylic acids is 1. The number of benzene rings is 3. The largest absolute Gasteiger partial charge is 0.454 e. The SMILES string of the molecule is Cc1ccc(C(=O)Nc2ccc(Oc3cc4cn[nH]c4cc3-c3cccnc3)c(F)c2)c(=O)n1-c1ccc(F)cc1. The number of H-pyrrole nitrogens is 1. The van der Waals surface area contributed by atoms with Gasteiger partial charge >= 0.3 is 0 Å². The van der Waals surface area contributed by atoms with Crippen LogP contribution in [0.15, 0.2) is 102 Å². The second kappa shape index (κ2) is 10.5. The van der Waals surface area contributed by atoms with Crippen LogP contribution in [0.1, 0.15) is 16.1 Å². The summed E-state index contributed by atoms with van der Waals surface area (Å²) in [5.74, 6) is -1.56. The molecule has 0 aliphatic rings. The number of aryl methyl sites for hydroxylation is 1. The molecule has 0 aliphatic heterocycles. The Labute approximate surface area is 231 Å². The van der Waals surface area contributed by atoms with Gasteiger partial charge in [-0.15, -0.1) is 0 Å². The summed E-state index contributed by atoms with van der Waals surface area (Å²) in [4.78, 5) is 30.3. The molecule has 0 saturated carbocycles. The van der Waals surface area contributed by atoms with Crippen molar-refractivity contribution >= 4 is 22.5 Å². The molecular weight excluding hydrogens is 528 g/mol. The number of fused-ring (bicyclic) bond motifs is 1. The molecule has 3 heterocycles. The minimum absolute atomic E-state index is 0.0648. The van der Waals surface area contributed by atoms with E-state index < -0.39 is 23.1 Å². The van der Waals surface area contributed by atoms with Crippen LogP contribution in [0, 0.1) is 18.6 Å². The Morgan fingerprint density at radius 3 is 2.54 bits per heavy atom. The van der Waals surface area contributed by atoms with Crippen molar-refractivity contribution in [1.29, 1.82) is 0 Å². The predicted octanol–water partition coefficient (Wildman–Crippen LogP) is 6.41. The number of hydrogen-bond acceptors (Lipinski definition) is 5. The molecule has 0 bridgehead atoms. The fourth-order valence-electron chi connectivity index (χ4n) is 4.50. The Bertz CT molecular complexity index is 1970. The Morgan fingerprint density at radius 2 is 1.78 bits per heavy atom. The molecule has 0 atom stereocenters. The first-order valence-corrected chi connectivity index (χ1v) is 12.5.